The molecule has 0 radical (unpaired) electrons. The second kappa shape index (κ2) is 7.69. The van der Waals surface area contributed by atoms with Crippen molar-refractivity contribution in [1.29, 1.82) is 0 Å². The van der Waals surface area contributed by atoms with E-state index in [1.165, 1.54) is 9.80 Å². The lowest BCUT2D eigenvalue weighted by molar-refractivity contribution is -0.130. The van der Waals surface area contributed by atoms with Crippen molar-refractivity contribution in [1.82, 2.24) is 4.90 Å². The Morgan fingerprint density at radius 1 is 1.04 bits per heavy atom. The smallest absolute Gasteiger partial charge is 0.254 e. The van der Waals surface area contributed by atoms with Gasteiger partial charge in [0.05, 0.1) is 10.0 Å². The van der Waals surface area contributed by atoms with Gasteiger partial charge in [0, 0.05) is 19.8 Å². The monoisotopic (exact) mass is 364 g/mol. The van der Waals surface area contributed by atoms with Crippen LogP contribution in [0, 0.1) is 6.92 Å². The van der Waals surface area contributed by atoms with E-state index in [-0.39, 0.29) is 5.91 Å². The van der Waals surface area contributed by atoms with Gasteiger partial charge in [0.25, 0.3) is 5.91 Å². The molecule has 6 heteroatoms. The largest absolute Gasteiger partial charge is 0.332 e. The fourth-order valence-corrected chi connectivity index (χ4v) is 2.66. The van der Waals surface area contributed by atoms with Crippen molar-refractivity contribution in [2.24, 2.45) is 0 Å². The summed E-state index contributed by atoms with van der Waals surface area (Å²) in [6.45, 7) is 1.96. The summed E-state index contributed by atoms with van der Waals surface area (Å²) < 4.78 is 0. The highest BCUT2D eigenvalue weighted by Crippen LogP contribution is 2.29. The predicted octanol–water partition coefficient (Wildman–Crippen LogP) is 4.09. The minimum Gasteiger partial charge on any atom is -0.332 e. The summed E-state index contributed by atoms with van der Waals surface area (Å²) in [4.78, 5) is 27.1. The second-order valence-electron chi connectivity index (χ2n) is 5.58. The first-order valence-electron chi connectivity index (χ1n) is 7.31. The van der Waals surface area contributed by atoms with Gasteiger partial charge in [-0.05, 0) is 30.7 Å². The number of aryl methyl sites for hydroxylation is 1. The third-order valence-corrected chi connectivity index (χ3v) is 4.56. The number of carbonyl (C=O) groups is 2. The molecule has 126 valence electrons. The molecule has 0 fully saturated rings. The topological polar surface area (TPSA) is 40.6 Å². The molecule has 2 rings (SSSR count). The molecule has 1 atom stereocenters. The Bertz CT molecular complexity index is 747. The van der Waals surface area contributed by atoms with Crippen molar-refractivity contribution in [3.63, 3.8) is 0 Å². The standard InChI is InChI=1S/C18H18Cl2N2O2/c1-12-4-6-13(7-5-12)17(21(2)11-23)18(24)22(3)14-8-9-15(19)16(20)10-14/h4-11,17H,1-3H3. The SMILES string of the molecule is Cc1ccc(C(C(=O)N(C)c2ccc(Cl)c(Cl)c2)N(C)C=O)cc1. The van der Waals surface area contributed by atoms with Crippen LogP contribution in [0.2, 0.25) is 10.0 Å². The summed E-state index contributed by atoms with van der Waals surface area (Å²) in [7, 11) is 3.22. The Balaban J connectivity index is 2.38. The molecule has 0 aliphatic heterocycles. The van der Waals surface area contributed by atoms with Gasteiger partial charge in [-0.3, -0.25) is 9.59 Å². The van der Waals surface area contributed by atoms with Gasteiger partial charge in [-0.2, -0.15) is 0 Å². The molecule has 1 unspecified atom stereocenters. The lowest BCUT2D eigenvalue weighted by atomic mass is 10.0. The first kappa shape index (κ1) is 18.3. The van der Waals surface area contributed by atoms with E-state index >= 15 is 0 Å². The Kier molecular flexibility index (Phi) is 5.86. The summed E-state index contributed by atoms with van der Waals surface area (Å²) in [5.74, 6) is -0.244. The third kappa shape index (κ3) is 3.89. The number of anilines is 1. The third-order valence-electron chi connectivity index (χ3n) is 3.82. The molecule has 0 aliphatic rings. The number of hydrogen-bond donors (Lipinski definition) is 0. The van der Waals surface area contributed by atoms with Crippen LogP contribution >= 0.6 is 23.2 Å². The number of amides is 2. The molecule has 2 aromatic carbocycles. The molecule has 0 heterocycles. The van der Waals surface area contributed by atoms with Gasteiger partial charge in [0.1, 0.15) is 6.04 Å². The zero-order chi connectivity index (χ0) is 17.9. The van der Waals surface area contributed by atoms with E-state index in [4.69, 9.17) is 23.2 Å². The number of carbonyl (C=O) groups excluding carboxylic acids is 2. The summed E-state index contributed by atoms with van der Waals surface area (Å²) in [5, 5.41) is 0.783. The van der Waals surface area contributed by atoms with Crippen LogP contribution in [0.25, 0.3) is 0 Å². The van der Waals surface area contributed by atoms with Crippen molar-refractivity contribution < 1.29 is 9.59 Å². The first-order chi connectivity index (χ1) is 11.3. The van der Waals surface area contributed by atoms with Crippen molar-refractivity contribution in [2.45, 2.75) is 13.0 Å². The Morgan fingerprint density at radius 2 is 1.67 bits per heavy atom. The summed E-state index contributed by atoms with van der Waals surface area (Å²) in [6, 6.07) is 11.8. The highest BCUT2D eigenvalue weighted by Gasteiger charge is 2.28. The number of hydrogen-bond acceptors (Lipinski definition) is 2. The van der Waals surface area contributed by atoms with Gasteiger partial charge < -0.3 is 9.80 Å². The second-order valence-corrected chi connectivity index (χ2v) is 6.39. The van der Waals surface area contributed by atoms with Crippen LogP contribution in [-0.2, 0) is 9.59 Å². The number of nitrogens with zero attached hydrogens (tertiary/aromatic N) is 2. The maximum absolute atomic E-state index is 13.0. The van der Waals surface area contributed by atoms with E-state index in [1.807, 2.05) is 31.2 Å². The maximum Gasteiger partial charge on any atom is 0.254 e. The summed E-state index contributed by atoms with van der Waals surface area (Å²) in [6.07, 6.45) is 0.644. The van der Waals surface area contributed by atoms with Gasteiger partial charge in [0.15, 0.2) is 0 Å². The Hall–Kier alpha value is -2.04. The predicted molar refractivity (Wildman–Crippen MR) is 97.6 cm³/mol. The minimum absolute atomic E-state index is 0.244. The zero-order valence-electron chi connectivity index (χ0n) is 13.7. The van der Waals surface area contributed by atoms with Gasteiger partial charge in [-0.15, -0.1) is 0 Å². The van der Waals surface area contributed by atoms with Crippen molar-refractivity contribution >= 4 is 41.2 Å². The number of rotatable bonds is 5. The van der Waals surface area contributed by atoms with E-state index in [9.17, 15) is 9.59 Å². The molecule has 0 spiro atoms. The van der Waals surface area contributed by atoms with E-state index < -0.39 is 6.04 Å². The van der Waals surface area contributed by atoms with Crippen LogP contribution in [-0.4, -0.2) is 31.3 Å². The fourth-order valence-electron chi connectivity index (χ4n) is 2.37. The van der Waals surface area contributed by atoms with Crippen LogP contribution in [0.1, 0.15) is 17.2 Å². The van der Waals surface area contributed by atoms with Gasteiger partial charge in [0.2, 0.25) is 6.41 Å². The highest BCUT2D eigenvalue weighted by atomic mass is 35.5. The van der Waals surface area contributed by atoms with E-state index in [0.717, 1.165) is 11.1 Å². The molecule has 0 N–H and O–H groups in total. The summed E-state index contributed by atoms with van der Waals surface area (Å²) >= 11 is 12.0. The quantitative estimate of drug-likeness (QED) is 0.749. The van der Waals surface area contributed by atoms with Gasteiger partial charge in [-0.25, -0.2) is 0 Å². The first-order valence-corrected chi connectivity index (χ1v) is 8.07. The summed E-state index contributed by atoms with van der Waals surface area (Å²) in [5.41, 5.74) is 2.43. The molecule has 24 heavy (non-hydrogen) atoms. The molecular weight excluding hydrogens is 347 g/mol. The van der Waals surface area contributed by atoms with E-state index in [0.29, 0.717) is 22.1 Å². The average Bonchev–Trinajstić information content (AvgIpc) is 2.58. The zero-order valence-corrected chi connectivity index (χ0v) is 15.2. The van der Waals surface area contributed by atoms with Crippen LogP contribution in [0.4, 0.5) is 5.69 Å². The van der Waals surface area contributed by atoms with Crippen molar-refractivity contribution in [2.75, 3.05) is 19.0 Å². The van der Waals surface area contributed by atoms with Crippen LogP contribution in [0.3, 0.4) is 0 Å². The van der Waals surface area contributed by atoms with Crippen molar-refractivity contribution in [3.05, 3.63) is 63.6 Å². The molecular formula is C18H18Cl2N2O2. The van der Waals surface area contributed by atoms with Crippen LogP contribution < -0.4 is 4.90 Å². The molecule has 0 aliphatic carbocycles. The molecule has 2 amide bonds. The maximum atomic E-state index is 13.0. The molecule has 0 saturated carbocycles. The van der Waals surface area contributed by atoms with E-state index in [2.05, 4.69) is 0 Å². The molecule has 0 saturated heterocycles. The van der Waals surface area contributed by atoms with Crippen molar-refractivity contribution in [3.8, 4) is 0 Å². The Morgan fingerprint density at radius 3 is 2.21 bits per heavy atom. The lowest BCUT2D eigenvalue weighted by Gasteiger charge is -2.29. The molecule has 0 bridgehead atoms. The molecule has 4 nitrogen and oxygen atoms in total. The number of halogens is 2. The lowest BCUT2D eigenvalue weighted by Crippen LogP contribution is -2.39. The molecule has 0 aromatic heterocycles. The normalized spacial score (nSPS) is 11.7. The van der Waals surface area contributed by atoms with Crippen LogP contribution in [0.15, 0.2) is 42.5 Å². The van der Waals surface area contributed by atoms with Gasteiger partial charge >= 0.3 is 0 Å². The van der Waals surface area contributed by atoms with E-state index in [1.54, 1.807) is 32.3 Å². The highest BCUT2D eigenvalue weighted by molar-refractivity contribution is 6.42. The number of benzene rings is 2. The average molecular weight is 365 g/mol. The minimum atomic E-state index is -0.720. The number of likely N-dealkylation sites (N-methyl/N-ethyl adjacent to an activating group) is 2. The Labute approximate surface area is 151 Å². The molecule has 2 aromatic rings. The fraction of sp³-hybridized carbons (Fsp3) is 0.222. The van der Waals surface area contributed by atoms with Gasteiger partial charge in [-0.1, -0.05) is 53.0 Å². The van der Waals surface area contributed by atoms with Crippen LogP contribution in [0.5, 0.6) is 0 Å².